The molecule has 25 heavy (non-hydrogen) atoms. The molecule has 1 saturated heterocycles. The Balaban J connectivity index is 1.68. The van der Waals surface area contributed by atoms with E-state index in [9.17, 15) is 9.59 Å². The van der Waals surface area contributed by atoms with Crippen LogP contribution in [0.2, 0.25) is 0 Å². The molecule has 3 heterocycles. The van der Waals surface area contributed by atoms with Gasteiger partial charge in [0.15, 0.2) is 4.96 Å². The molecule has 1 unspecified atom stereocenters. The van der Waals surface area contributed by atoms with Gasteiger partial charge in [-0.25, -0.2) is 4.98 Å². The van der Waals surface area contributed by atoms with Gasteiger partial charge in [-0.15, -0.1) is 11.3 Å². The number of carbonyl (C=O) groups excluding carboxylic acids is 1. The monoisotopic (exact) mass is 355 g/mol. The SMILES string of the molecule is Cc1cc(=O)n2c(-c3cccc(NC(=O)C4CCCO4)c3)csc2n1. The summed E-state index contributed by atoms with van der Waals surface area (Å²) in [4.78, 5) is 29.6. The second-order valence-corrected chi connectivity index (χ2v) is 6.88. The van der Waals surface area contributed by atoms with E-state index in [1.54, 1.807) is 4.40 Å². The van der Waals surface area contributed by atoms with E-state index in [-0.39, 0.29) is 17.6 Å². The maximum absolute atomic E-state index is 12.3. The molecule has 6 nitrogen and oxygen atoms in total. The summed E-state index contributed by atoms with van der Waals surface area (Å²) >= 11 is 1.42. The van der Waals surface area contributed by atoms with Crippen LogP contribution < -0.4 is 10.9 Å². The number of rotatable bonds is 3. The second-order valence-electron chi connectivity index (χ2n) is 6.05. The van der Waals surface area contributed by atoms with E-state index in [1.165, 1.54) is 17.4 Å². The predicted octanol–water partition coefficient (Wildman–Crippen LogP) is 2.85. The molecule has 1 aromatic carbocycles. The minimum absolute atomic E-state index is 0.104. The molecule has 0 aliphatic carbocycles. The molecule has 4 rings (SSSR count). The van der Waals surface area contributed by atoms with Gasteiger partial charge in [-0.1, -0.05) is 12.1 Å². The number of nitrogens with one attached hydrogen (secondary N) is 1. The van der Waals surface area contributed by atoms with Crippen LogP contribution in [0.5, 0.6) is 0 Å². The summed E-state index contributed by atoms with van der Waals surface area (Å²) in [5, 5.41) is 4.80. The Morgan fingerprint density at radius 2 is 2.28 bits per heavy atom. The molecule has 0 radical (unpaired) electrons. The lowest BCUT2D eigenvalue weighted by molar-refractivity contribution is -0.124. The number of thiazole rings is 1. The van der Waals surface area contributed by atoms with Crippen molar-refractivity contribution in [2.24, 2.45) is 0 Å². The molecule has 2 aromatic heterocycles. The molecule has 7 heteroatoms. The lowest BCUT2D eigenvalue weighted by atomic mass is 10.1. The normalized spacial score (nSPS) is 17.1. The molecule has 3 aromatic rings. The van der Waals surface area contributed by atoms with Crippen molar-refractivity contribution in [3.63, 3.8) is 0 Å². The van der Waals surface area contributed by atoms with Gasteiger partial charge in [0.05, 0.1) is 5.69 Å². The number of aromatic nitrogens is 2. The van der Waals surface area contributed by atoms with E-state index in [0.717, 1.165) is 24.1 Å². The minimum atomic E-state index is -0.375. The maximum Gasteiger partial charge on any atom is 0.259 e. The van der Waals surface area contributed by atoms with Gasteiger partial charge in [-0.2, -0.15) is 0 Å². The molecule has 0 bridgehead atoms. The molecule has 1 atom stereocenters. The average Bonchev–Trinajstić information content (AvgIpc) is 3.24. The van der Waals surface area contributed by atoms with E-state index in [0.29, 0.717) is 22.9 Å². The molecular weight excluding hydrogens is 338 g/mol. The molecule has 0 spiro atoms. The number of nitrogens with zero attached hydrogens (tertiary/aromatic N) is 2. The van der Waals surface area contributed by atoms with Crippen LogP contribution in [-0.2, 0) is 9.53 Å². The number of anilines is 1. The van der Waals surface area contributed by atoms with E-state index in [2.05, 4.69) is 10.3 Å². The fraction of sp³-hybridized carbons (Fsp3) is 0.278. The van der Waals surface area contributed by atoms with Crippen molar-refractivity contribution in [2.45, 2.75) is 25.9 Å². The summed E-state index contributed by atoms with van der Waals surface area (Å²) in [6, 6.07) is 8.98. The second kappa shape index (κ2) is 6.42. The first-order valence-electron chi connectivity index (χ1n) is 8.12. The van der Waals surface area contributed by atoms with E-state index in [1.807, 2.05) is 36.6 Å². The average molecular weight is 355 g/mol. The third-order valence-electron chi connectivity index (χ3n) is 4.18. The number of hydrogen-bond acceptors (Lipinski definition) is 5. The summed E-state index contributed by atoms with van der Waals surface area (Å²) in [5.74, 6) is -0.126. The molecule has 1 amide bonds. The predicted molar refractivity (Wildman–Crippen MR) is 97.1 cm³/mol. The maximum atomic E-state index is 12.3. The number of fused-ring (bicyclic) bond motifs is 1. The van der Waals surface area contributed by atoms with E-state index in [4.69, 9.17) is 4.74 Å². The van der Waals surface area contributed by atoms with Gasteiger partial charge in [0.2, 0.25) is 0 Å². The topological polar surface area (TPSA) is 72.7 Å². The van der Waals surface area contributed by atoms with Crippen LogP contribution in [0.3, 0.4) is 0 Å². The van der Waals surface area contributed by atoms with Crippen molar-refractivity contribution < 1.29 is 9.53 Å². The van der Waals surface area contributed by atoms with Crippen LogP contribution in [-0.4, -0.2) is 28.0 Å². The van der Waals surface area contributed by atoms with Gasteiger partial charge < -0.3 is 10.1 Å². The molecule has 1 N–H and O–H groups in total. The first-order valence-corrected chi connectivity index (χ1v) is 9.00. The zero-order chi connectivity index (χ0) is 17.4. The Hall–Kier alpha value is -2.51. The van der Waals surface area contributed by atoms with Gasteiger partial charge in [-0.05, 0) is 31.9 Å². The van der Waals surface area contributed by atoms with Gasteiger partial charge >= 0.3 is 0 Å². The first kappa shape index (κ1) is 16.0. The number of ether oxygens (including phenoxy) is 1. The highest BCUT2D eigenvalue weighted by Gasteiger charge is 2.23. The number of benzene rings is 1. The fourth-order valence-corrected chi connectivity index (χ4v) is 3.94. The number of amides is 1. The Kier molecular flexibility index (Phi) is 4.10. The van der Waals surface area contributed by atoms with Crippen molar-refractivity contribution in [3.05, 3.63) is 51.8 Å². The minimum Gasteiger partial charge on any atom is -0.368 e. The Labute approximate surface area is 148 Å². The van der Waals surface area contributed by atoms with E-state index >= 15 is 0 Å². The number of hydrogen-bond donors (Lipinski definition) is 1. The van der Waals surface area contributed by atoms with Gasteiger partial charge in [0.25, 0.3) is 11.5 Å². The lowest BCUT2D eigenvalue weighted by Crippen LogP contribution is -2.26. The van der Waals surface area contributed by atoms with Gasteiger partial charge in [0, 0.05) is 35.0 Å². The third kappa shape index (κ3) is 3.08. The summed E-state index contributed by atoms with van der Waals surface area (Å²) < 4.78 is 7.01. The highest BCUT2D eigenvalue weighted by molar-refractivity contribution is 7.15. The Morgan fingerprint density at radius 1 is 1.40 bits per heavy atom. The van der Waals surface area contributed by atoms with Crippen LogP contribution in [0.15, 0.2) is 40.5 Å². The molecule has 1 fully saturated rings. The molecule has 1 aliphatic heterocycles. The molecule has 128 valence electrons. The van der Waals surface area contributed by atoms with Crippen LogP contribution in [0.1, 0.15) is 18.5 Å². The number of aryl methyl sites for hydroxylation is 1. The highest BCUT2D eigenvalue weighted by atomic mass is 32.1. The van der Waals surface area contributed by atoms with Crippen molar-refractivity contribution in [1.29, 1.82) is 0 Å². The van der Waals surface area contributed by atoms with Crippen molar-refractivity contribution >= 4 is 27.9 Å². The summed E-state index contributed by atoms with van der Waals surface area (Å²) in [5.41, 5.74) is 2.91. The number of carbonyl (C=O) groups is 1. The molecule has 1 aliphatic rings. The molecule has 0 saturated carbocycles. The van der Waals surface area contributed by atoms with Crippen molar-refractivity contribution in [2.75, 3.05) is 11.9 Å². The Bertz CT molecular complexity index is 1000. The zero-order valence-corrected chi connectivity index (χ0v) is 14.5. The lowest BCUT2D eigenvalue weighted by Gasteiger charge is -2.11. The van der Waals surface area contributed by atoms with Gasteiger partial charge in [-0.3, -0.25) is 14.0 Å². The summed E-state index contributed by atoms with van der Waals surface area (Å²) in [6.07, 6.45) is 1.29. The van der Waals surface area contributed by atoms with Gasteiger partial charge in [0.1, 0.15) is 6.10 Å². The van der Waals surface area contributed by atoms with E-state index < -0.39 is 0 Å². The Morgan fingerprint density at radius 3 is 3.08 bits per heavy atom. The zero-order valence-electron chi connectivity index (χ0n) is 13.7. The van der Waals surface area contributed by atoms with Crippen molar-refractivity contribution in [1.82, 2.24) is 9.38 Å². The summed E-state index contributed by atoms with van der Waals surface area (Å²) in [6.45, 7) is 2.44. The third-order valence-corrected chi connectivity index (χ3v) is 5.01. The summed E-state index contributed by atoms with van der Waals surface area (Å²) in [7, 11) is 0. The van der Waals surface area contributed by atoms with Crippen LogP contribution in [0, 0.1) is 6.92 Å². The first-order chi connectivity index (χ1) is 12.1. The standard InChI is InChI=1S/C18H17N3O3S/c1-11-8-16(22)21-14(10-25-18(21)19-11)12-4-2-5-13(9-12)20-17(23)15-6-3-7-24-15/h2,4-5,8-10,15H,3,6-7H2,1H3,(H,20,23). The van der Waals surface area contributed by atoms with Crippen LogP contribution in [0.25, 0.3) is 16.2 Å². The van der Waals surface area contributed by atoms with Crippen molar-refractivity contribution in [3.8, 4) is 11.3 Å². The van der Waals surface area contributed by atoms with Crippen LogP contribution >= 0.6 is 11.3 Å². The van der Waals surface area contributed by atoms with Crippen LogP contribution in [0.4, 0.5) is 5.69 Å². The quantitative estimate of drug-likeness (QED) is 0.784. The smallest absolute Gasteiger partial charge is 0.259 e. The fourth-order valence-electron chi connectivity index (χ4n) is 2.99. The highest BCUT2D eigenvalue weighted by Crippen LogP contribution is 2.26. The largest absolute Gasteiger partial charge is 0.368 e. The molecular formula is C18H17N3O3S.